The van der Waals surface area contributed by atoms with Crippen molar-refractivity contribution in [3.63, 3.8) is 0 Å². The predicted octanol–water partition coefficient (Wildman–Crippen LogP) is -0.458. The van der Waals surface area contributed by atoms with Crippen LogP contribution in [0.5, 0.6) is 0 Å². The zero-order valence-electron chi connectivity index (χ0n) is 18.5. The molecule has 0 spiro atoms. The predicted molar refractivity (Wildman–Crippen MR) is 114 cm³/mol. The molecule has 7 N–H and O–H groups in total. The first-order valence-corrected chi connectivity index (χ1v) is 10.4. The first-order chi connectivity index (χ1) is 14.5. The van der Waals surface area contributed by atoms with Crippen molar-refractivity contribution in [3.8, 4) is 0 Å². The second-order valence-corrected chi connectivity index (χ2v) is 8.06. The van der Waals surface area contributed by atoms with Crippen LogP contribution in [0.1, 0.15) is 46.2 Å². The molecule has 1 rings (SSSR count). The molecule has 0 saturated carbocycles. The number of amides is 3. The maximum absolute atomic E-state index is 12.9. The largest absolute Gasteiger partial charge is 0.480 e. The summed E-state index contributed by atoms with van der Waals surface area (Å²) in [4.78, 5) is 55.4. The Balaban J connectivity index is 2.86. The van der Waals surface area contributed by atoms with Crippen molar-refractivity contribution in [2.24, 2.45) is 17.6 Å². The number of carbonyl (C=O) groups is 4. The molecular formula is C20H34N6O5. The molecular weight excluding hydrogens is 404 g/mol. The summed E-state index contributed by atoms with van der Waals surface area (Å²) in [5.74, 6) is -2.94. The van der Waals surface area contributed by atoms with Gasteiger partial charge in [0, 0.05) is 18.3 Å². The van der Waals surface area contributed by atoms with Crippen LogP contribution in [0.4, 0.5) is 0 Å². The maximum atomic E-state index is 12.9. The molecule has 1 aromatic heterocycles. The van der Waals surface area contributed by atoms with Crippen molar-refractivity contribution in [2.75, 3.05) is 6.54 Å². The van der Waals surface area contributed by atoms with E-state index in [0.29, 0.717) is 18.5 Å². The SMILES string of the molecule is CCC(C)C(NC(=O)C(CC(C)C)NC(=O)C(N)Cc1cnc[nH]1)C(=O)NCC(=O)O. The van der Waals surface area contributed by atoms with Gasteiger partial charge in [0.1, 0.15) is 18.6 Å². The Morgan fingerprint density at radius 3 is 2.32 bits per heavy atom. The van der Waals surface area contributed by atoms with Crippen LogP contribution in [0.25, 0.3) is 0 Å². The van der Waals surface area contributed by atoms with Gasteiger partial charge in [-0.05, 0) is 18.3 Å². The minimum absolute atomic E-state index is 0.0859. The Labute approximate surface area is 181 Å². The maximum Gasteiger partial charge on any atom is 0.322 e. The second-order valence-electron chi connectivity index (χ2n) is 8.06. The molecule has 174 valence electrons. The molecule has 3 amide bonds. The fourth-order valence-corrected chi connectivity index (χ4v) is 2.94. The minimum atomic E-state index is -1.18. The normalized spacial score (nSPS) is 14.9. The quantitative estimate of drug-likeness (QED) is 0.241. The Bertz CT molecular complexity index is 736. The first-order valence-electron chi connectivity index (χ1n) is 10.4. The number of nitrogens with two attached hydrogens (primary N) is 1. The summed E-state index contributed by atoms with van der Waals surface area (Å²) in [5, 5.41) is 16.4. The molecule has 0 aliphatic heterocycles. The molecule has 4 atom stereocenters. The van der Waals surface area contributed by atoms with Gasteiger partial charge in [0.15, 0.2) is 0 Å². The van der Waals surface area contributed by atoms with Gasteiger partial charge in [0.2, 0.25) is 17.7 Å². The fourth-order valence-electron chi connectivity index (χ4n) is 2.94. The standard InChI is InChI=1S/C20H34N6O5/c1-5-12(4)17(20(31)23-9-16(27)28)26-19(30)15(6-11(2)3)25-18(29)14(21)7-13-8-22-10-24-13/h8,10-12,14-15,17H,5-7,9,21H2,1-4H3,(H,22,24)(H,23,31)(H,25,29)(H,26,30)(H,27,28). The Hall–Kier alpha value is -2.95. The smallest absolute Gasteiger partial charge is 0.322 e. The number of aliphatic carboxylic acids is 1. The molecule has 0 saturated heterocycles. The van der Waals surface area contributed by atoms with E-state index in [-0.39, 0.29) is 18.3 Å². The number of carboxylic acid groups (broad SMARTS) is 1. The summed E-state index contributed by atoms with van der Waals surface area (Å²) < 4.78 is 0. The van der Waals surface area contributed by atoms with Gasteiger partial charge in [-0.15, -0.1) is 0 Å². The van der Waals surface area contributed by atoms with Gasteiger partial charge in [0.05, 0.1) is 12.4 Å². The minimum Gasteiger partial charge on any atom is -0.480 e. The van der Waals surface area contributed by atoms with Crippen molar-refractivity contribution in [1.82, 2.24) is 25.9 Å². The summed E-state index contributed by atoms with van der Waals surface area (Å²) in [5.41, 5.74) is 6.66. The molecule has 0 radical (unpaired) electrons. The summed E-state index contributed by atoms with van der Waals surface area (Å²) in [6.07, 6.45) is 4.21. The average Bonchev–Trinajstić information content (AvgIpc) is 3.21. The third-order valence-corrected chi connectivity index (χ3v) is 4.88. The Morgan fingerprint density at radius 1 is 1.13 bits per heavy atom. The molecule has 11 heteroatoms. The number of aromatic nitrogens is 2. The topological polar surface area (TPSA) is 179 Å². The molecule has 1 aromatic rings. The molecule has 0 fully saturated rings. The van der Waals surface area contributed by atoms with Crippen molar-refractivity contribution in [2.45, 2.75) is 65.1 Å². The summed E-state index contributed by atoms with van der Waals surface area (Å²) in [6.45, 7) is 6.90. The zero-order valence-corrected chi connectivity index (χ0v) is 18.5. The van der Waals surface area contributed by atoms with Gasteiger partial charge in [-0.1, -0.05) is 34.1 Å². The van der Waals surface area contributed by atoms with E-state index >= 15 is 0 Å². The first kappa shape index (κ1) is 26.1. The highest BCUT2D eigenvalue weighted by molar-refractivity contribution is 5.93. The third kappa shape index (κ3) is 9.16. The highest BCUT2D eigenvalue weighted by Crippen LogP contribution is 2.11. The Kier molecular flexibility index (Phi) is 10.7. The molecule has 0 bridgehead atoms. The van der Waals surface area contributed by atoms with Crippen LogP contribution < -0.4 is 21.7 Å². The molecule has 11 nitrogen and oxygen atoms in total. The molecule has 1 heterocycles. The number of aromatic amines is 1. The van der Waals surface area contributed by atoms with E-state index in [4.69, 9.17) is 10.8 Å². The van der Waals surface area contributed by atoms with Crippen LogP contribution in [0, 0.1) is 11.8 Å². The lowest BCUT2D eigenvalue weighted by atomic mass is 9.96. The van der Waals surface area contributed by atoms with Gasteiger partial charge in [0.25, 0.3) is 0 Å². The highest BCUT2D eigenvalue weighted by atomic mass is 16.4. The number of nitrogens with zero attached hydrogens (tertiary/aromatic N) is 1. The number of imidazole rings is 1. The van der Waals surface area contributed by atoms with Crippen LogP contribution in [-0.2, 0) is 25.6 Å². The molecule has 0 aromatic carbocycles. The van der Waals surface area contributed by atoms with Crippen LogP contribution >= 0.6 is 0 Å². The summed E-state index contributed by atoms with van der Waals surface area (Å²) in [6, 6.07) is -2.70. The van der Waals surface area contributed by atoms with Crippen LogP contribution in [0.3, 0.4) is 0 Å². The number of rotatable bonds is 13. The number of hydrogen-bond acceptors (Lipinski definition) is 6. The number of H-pyrrole nitrogens is 1. The molecule has 0 aliphatic carbocycles. The van der Waals surface area contributed by atoms with Crippen molar-refractivity contribution in [3.05, 3.63) is 18.2 Å². The van der Waals surface area contributed by atoms with Gasteiger partial charge in [-0.2, -0.15) is 0 Å². The van der Waals surface area contributed by atoms with E-state index in [0.717, 1.165) is 0 Å². The lowest BCUT2D eigenvalue weighted by molar-refractivity contribution is -0.139. The lowest BCUT2D eigenvalue weighted by Gasteiger charge is -2.27. The lowest BCUT2D eigenvalue weighted by Crippen LogP contribution is -2.58. The molecule has 4 unspecified atom stereocenters. The monoisotopic (exact) mass is 438 g/mol. The van der Waals surface area contributed by atoms with E-state index in [1.807, 2.05) is 20.8 Å². The molecule has 0 aliphatic rings. The number of carbonyl (C=O) groups excluding carboxylic acids is 3. The van der Waals surface area contributed by atoms with E-state index in [1.165, 1.54) is 6.33 Å². The number of nitrogens with one attached hydrogen (secondary N) is 4. The summed E-state index contributed by atoms with van der Waals surface area (Å²) in [7, 11) is 0. The van der Waals surface area contributed by atoms with Gasteiger partial charge < -0.3 is 31.8 Å². The van der Waals surface area contributed by atoms with Gasteiger partial charge in [-0.25, -0.2) is 4.98 Å². The zero-order chi connectivity index (χ0) is 23.6. The Morgan fingerprint density at radius 2 is 1.81 bits per heavy atom. The fraction of sp³-hybridized carbons (Fsp3) is 0.650. The average molecular weight is 439 g/mol. The van der Waals surface area contributed by atoms with Gasteiger partial charge >= 0.3 is 5.97 Å². The van der Waals surface area contributed by atoms with E-state index in [9.17, 15) is 19.2 Å². The van der Waals surface area contributed by atoms with Crippen LogP contribution in [-0.4, -0.2) is 63.4 Å². The second kappa shape index (κ2) is 12.7. The van der Waals surface area contributed by atoms with Crippen LogP contribution in [0.2, 0.25) is 0 Å². The van der Waals surface area contributed by atoms with Crippen LogP contribution in [0.15, 0.2) is 12.5 Å². The van der Waals surface area contributed by atoms with Crippen molar-refractivity contribution in [1.29, 1.82) is 0 Å². The van der Waals surface area contributed by atoms with E-state index in [2.05, 4.69) is 25.9 Å². The van der Waals surface area contributed by atoms with E-state index in [1.54, 1.807) is 13.1 Å². The van der Waals surface area contributed by atoms with Gasteiger partial charge in [-0.3, -0.25) is 19.2 Å². The molecule has 31 heavy (non-hydrogen) atoms. The van der Waals surface area contributed by atoms with Crippen molar-refractivity contribution < 1.29 is 24.3 Å². The van der Waals surface area contributed by atoms with Crippen molar-refractivity contribution >= 4 is 23.7 Å². The summed E-state index contributed by atoms with van der Waals surface area (Å²) >= 11 is 0. The highest BCUT2D eigenvalue weighted by Gasteiger charge is 2.31. The van der Waals surface area contributed by atoms with E-state index < -0.39 is 48.4 Å². The third-order valence-electron chi connectivity index (χ3n) is 4.88. The number of carboxylic acids is 1. The number of hydrogen-bond donors (Lipinski definition) is 6.